The van der Waals surface area contributed by atoms with E-state index < -0.39 is 11.9 Å². The van der Waals surface area contributed by atoms with Gasteiger partial charge in [-0.2, -0.15) is 0 Å². The number of aromatic nitrogens is 1. The van der Waals surface area contributed by atoms with Crippen LogP contribution in [0.2, 0.25) is 0 Å². The van der Waals surface area contributed by atoms with Gasteiger partial charge in [-0.25, -0.2) is 4.79 Å². The molecule has 6 nitrogen and oxygen atoms in total. The highest BCUT2D eigenvalue weighted by atomic mass is 16.5. The monoisotopic (exact) mass is 331 g/mol. The molecule has 0 aliphatic heterocycles. The molecule has 1 N–H and O–H groups in total. The number of carbonyl (C=O) groups is 2. The topological polar surface area (TPSA) is 77.6 Å². The minimum absolute atomic E-state index is 0.144. The summed E-state index contributed by atoms with van der Waals surface area (Å²) < 4.78 is 16.1. The van der Waals surface area contributed by atoms with E-state index in [1.807, 2.05) is 0 Å². The van der Waals surface area contributed by atoms with Crippen molar-refractivity contribution >= 4 is 22.8 Å². The van der Waals surface area contributed by atoms with Crippen LogP contribution in [0.1, 0.15) is 49.5 Å². The van der Waals surface area contributed by atoms with Crippen LogP contribution in [0, 0.1) is 0 Å². The standard InChI is InChI=1S/C18H21NO5/c1-11(20)23-13-8-15-14(10-16(19-15)18(21)22-2)17(9-13)24-12-6-4-3-5-7-12/h8-10,12,19H,3-7H2,1-2H3. The molecule has 6 heteroatoms. The second-order valence-corrected chi connectivity index (χ2v) is 6.03. The molecule has 1 aromatic carbocycles. The lowest BCUT2D eigenvalue weighted by molar-refractivity contribution is -0.131. The normalized spacial score (nSPS) is 15.2. The van der Waals surface area contributed by atoms with Gasteiger partial charge in [-0.3, -0.25) is 4.79 Å². The van der Waals surface area contributed by atoms with Crippen molar-refractivity contribution in [3.63, 3.8) is 0 Å². The molecule has 0 unspecified atom stereocenters. The maximum Gasteiger partial charge on any atom is 0.354 e. The molecule has 3 rings (SSSR count). The fourth-order valence-corrected chi connectivity index (χ4v) is 3.08. The van der Waals surface area contributed by atoms with Crippen LogP contribution in [0.4, 0.5) is 0 Å². The van der Waals surface area contributed by atoms with E-state index in [-0.39, 0.29) is 6.10 Å². The van der Waals surface area contributed by atoms with Gasteiger partial charge in [-0.1, -0.05) is 6.42 Å². The summed E-state index contributed by atoms with van der Waals surface area (Å²) in [6.07, 6.45) is 5.70. The van der Waals surface area contributed by atoms with E-state index in [0.29, 0.717) is 22.7 Å². The smallest absolute Gasteiger partial charge is 0.354 e. The van der Waals surface area contributed by atoms with Crippen molar-refractivity contribution in [1.82, 2.24) is 4.98 Å². The molecule has 1 aromatic heterocycles. The summed E-state index contributed by atoms with van der Waals surface area (Å²) in [5.74, 6) is 0.141. The summed E-state index contributed by atoms with van der Waals surface area (Å²) in [4.78, 5) is 26.0. The lowest BCUT2D eigenvalue weighted by Crippen LogP contribution is -2.19. The first-order valence-electron chi connectivity index (χ1n) is 8.17. The zero-order chi connectivity index (χ0) is 17.1. The van der Waals surface area contributed by atoms with Crippen molar-refractivity contribution in [1.29, 1.82) is 0 Å². The summed E-state index contributed by atoms with van der Waals surface area (Å²) in [7, 11) is 1.33. The van der Waals surface area contributed by atoms with Crippen molar-refractivity contribution in [2.45, 2.75) is 45.1 Å². The van der Waals surface area contributed by atoms with Crippen molar-refractivity contribution in [3.05, 3.63) is 23.9 Å². The van der Waals surface area contributed by atoms with Crippen LogP contribution in [-0.4, -0.2) is 30.1 Å². The predicted molar refractivity (Wildman–Crippen MR) is 88.4 cm³/mol. The van der Waals surface area contributed by atoms with E-state index >= 15 is 0 Å². The van der Waals surface area contributed by atoms with Gasteiger partial charge in [-0.15, -0.1) is 0 Å². The van der Waals surface area contributed by atoms with Crippen molar-refractivity contribution in [2.75, 3.05) is 7.11 Å². The number of ether oxygens (including phenoxy) is 3. The van der Waals surface area contributed by atoms with E-state index in [2.05, 4.69) is 4.98 Å². The number of nitrogens with one attached hydrogen (secondary N) is 1. The molecule has 1 aliphatic carbocycles. The van der Waals surface area contributed by atoms with E-state index in [1.54, 1.807) is 18.2 Å². The summed E-state index contributed by atoms with van der Waals surface area (Å²) in [6, 6.07) is 5.08. The van der Waals surface area contributed by atoms with E-state index in [1.165, 1.54) is 20.5 Å². The van der Waals surface area contributed by atoms with E-state index in [9.17, 15) is 9.59 Å². The van der Waals surface area contributed by atoms with Crippen LogP contribution in [0.15, 0.2) is 18.2 Å². The van der Waals surface area contributed by atoms with Crippen LogP contribution >= 0.6 is 0 Å². The van der Waals surface area contributed by atoms with Gasteiger partial charge in [0, 0.05) is 24.4 Å². The first-order chi connectivity index (χ1) is 11.6. The number of H-pyrrole nitrogens is 1. The third kappa shape index (κ3) is 3.53. The van der Waals surface area contributed by atoms with Gasteiger partial charge in [-0.05, 0) is 31.7 Å². The number of benzene rings is 1. The molecule has 0 saturated heterocycles. The van der Waals surface area contributed by atoms with E-state index in [0.717, 1.165) is 31.1 Å². The number of hydrogen-bond donors (Lipinski definition) is 1. The predicted octanol–water partition coefficient (Wildman–Crippen LogP) is 3.59. The highest BCUT2D eigenvalue weighted by Gasteiger charge is 2.19. The van der Waals surface area contributed by atoms with Gasteiger partial charge >= 0.3 is 11.9 Å². The lowest BCUT2D eigenvalue weighted by atomic mass is 9.98. The second kappa shape index (κ2) is 6.95. The Balaban J connectivity index is 1.99. The Kier molecular flexibility index (Phi) is 4.74. The van der Waals surface area contributed by atoms with Gasteiger partial charge in [0.15, 0.2) is 0 Å². The number of esters is 2. The molecule has 0 spiro atoms. The molecular weight excluding hydrogens is 310 g/mol. The quantitative estimate of drug-likeness (QED) is 0.684. The molecule has 2 aromatic rings. The zero-order valence-corrected chi connectivity index (χ0v) is 13.9. The van der Waals surface area contributed by atoms with Crippen LogP contribution in [0.5, 0.6) is 11.5 Å². The van der Waals surface area contributed by atoms with Gasteiger partial charge in [0.2, 0.25) is 0 Å². The van der Waals surface area contributed by atoms with Crippen LogP contribution in [0.25, 0.3) is 10.9 Å². The highest BCUT2D eigenvalue weighted by molar-refractivity contribution is 5.97. The number of aromatic amines is 1. The minimum Gasteiger partial charge on any atom is -0.490 e. The van der Waals surface area contributed by atoms with Crippen LogP contribution in [-0.2, 0) is 9.53 Å². The Bertz CT molecular complexity index is 758. The Hall–Kier alpha value is -2.50. The van der Waals surface area contributed by atoms with E-state index in [4.69, 9.17) is 14.2 Å². The summed E-state index contributed by atoms with van der Waals surface area (Å²) in [5.41, 5.74) is 1.00. The third-order valence-electron chi connectivity index (χ3n) is 4.19. The van der Waals surface area contributed by atoms with Crippen LogP contribution < -0.4 is 9.47 Å². The molecule has 1 fully saturated rings. The molecule has 24 heavy (non-hydrogen) atoms. The number of fused-ring (bicyclic) bond motifs is 1. The molecule has 0 radical (unpaired) electrons. The van der Waals surface area contributed by atoms with Gasteiger partial charge in [0.1, 0.15) is 17.2 Å². The molecule has 128 valence electrons. The fourth-order valence-electron chi connectivity index (χ4n) is 3.08. The number of methoxy groups -OCH3 is 1. The average molecular weight is 331 g/mol. The van der Waals surface area contributed by atoms with Crippen molar-refractivity contribution in [3.8, 4) is 11.5 Å². The highest BCUT2D eigenvalue weighted by Crippen LogP contribution is 2.34. The van der Waals surface area contributed by atoms with Crippen molar-refractivity contribution < 1.29 is 23.8 Å². The molecular formula is C18H21NO5. The molecule has 0 amide bonds. The first-order valence-corrected chi connectivity index (χ1v) is 8.17. The Morgan fingerprint density at radius 2 is 1.88 bits per heavy atom. The summed E-state index contributed by atoms with van der Waals surface area (Å²) >= 11 is 0. The van der Waals surface area contributed by atoms with Crippen LogP contribution in [0.3, 0.4) is 0 Å². The Morgan fingerprint density at radius 1 is 1.12 bits per heavy atom. The molecule has 1 saturated carbocycles. The van der Waals surface area contributed by atoms with Gasteiger partial charge in [0.05, 0.1) is 18.7 Å². The lowest BCUT2D eigenvalue weighted by Gasteiger charge is -2.23. The summed E-state index contributed by atoms with van der Waals surface area (Å²) in [5, 5.41) is 0.775. The van der Waals surface area contributed by atoms with Gasteiger partial charge in [0.25, 0.3) is 0 Å². The maximum atomic E-state index is 11.8. The second-order valence-electron chi connectivity index (χ2n) is 6.03. The fraction of sp³-hybridized carbons (Fsp3) is 0.444. The average Bonchev–Trinajstić information content (AvgIpc) is 2.99. The zero-order valence-electron chi connectivity index (χ0n) is 13.9. The number of carbonyl (C=O) groups excluding carboxylic acids is 2. The molecule has 0 bridgehead atoms. The van der Waals surface area contributed by atoms with Gasteiger partial charge < -0.3 is 19.2 Å². The molecule has 1 aliphatic rings. The first kappa shape index (κ1) is 16.4. The number of rotatable bonds is 4. The Morgan fingerprint density at radius 3 is 2.54 bits per heavy atom. The Labute approximate surface area is 140 Å². The minimum atomic E-state index is -0.455. The third-order valence-corrected chi connectivity index (χ3v) is 4.19. The molecule has 0 atom stereocenters. The summed E-state index contributed by atoms with van der Waals surface area (Å²) in [6.45, 7) is 1.35. The largest absolute Gasteiger partial charge is 0.490 e. The SMILES string of the molecule is COC(=O)c1cc2c(OC3CCCCC3)cc(OC(C)=O)cc2[nH]1. The molecule has 1 heterocycles. The maximum absolute atomic E-state index is 11.8. The van der Waals surface area contributed by atoms with Crippen molar-refractivity contribution in [2.24, 2.45) is 0 Å². The number of hydrogen-bond acceptors (Lipinski definition) is 5.